The first-order valence-corrected chi connectivity index (χ1v) is 6.81. The first-order chi connectivity index (χ1) is 10.9. The number of imidazole rings is 1. The minimum Gasteiger partial charge on any atom is -0.327 e. The molecule has 0 aliphatic carbocycles. The van der Waals surface area contributed by atoms with Gasteiger partial charge < -0.3 is 4.98 Å². The number of nitrogens with one attached hydrogen (secondary N) is 1. The Balaban J connectivity index is 1.97. The molecule has 23 heavy (non-hydrogen) atoms. The second-order valence-corrected chi connectivity index (χ2v) is 4.99. The molecule has 3 aromatic rings. The Labute approximate surface area is 129 Å². The Hall–Kier alpha value is -2.83. The Kier molecular flexibility index (Phi) is 3.77. The van der Waals surface area contributed by atoms with Gasteiger partial charge >= 0.3 is 6.18 Å². The fraction of sp³-hybridized carbons (Fsp3) is 0.125. The van der Waals surface area contributed by atoms with Gasteiger partial charge in [0.2, 0.25) is 0 Å². The summed E-state index contributed by atoms with van der Waals surface area (Å²) >= 11 is 0. The van der Waals surface area contributed by atoms with E-state index in [0.29, 0.717) is 17.1 Å². The highest BCUT2D eigenvalue weighted by atomic mass is 19.4. The topological polar surface area (TPSA) is 50.7 Å². The van der Waals surface area contributed by atoms with Crippen LogP contribution in [0.4, 0.5) is 13.2 Å². The average Bonchev–Trinajstić information content (AvgIpc) is 2.96. The molecule has 0 fully saturated rings. The van der Waals surface area contributed by atoms with Crippen LogP contribution >= 0.6 is 0 Å². The van der Waals surface area contributed by atoms with E-state index >= 15 is 0 Å². The van der Waals surface area contributed by atoms with Crippen molar-refractivity contribution in [1.82, 2.24) is 14.5 Å². The van der Waals surface area contributed by atoms with Gasteiger partial charge in [-0.1, -0.05) is 24.3 Å². The number of nitrogens with zero attached hydrogens (tertiary/aromatic N) is 2. The van der Waals surface area contributed by atoms with Crippen LogP contribution in [0.5, 0.6) is 0 Å². The van der Waals surface area contributed by atoms with Crippen molar-refractivity contribution in [2.75, 3.05) is 0 Å². The molecule has 0 aliphatic heterocycles. The maximum absolute atomic E-state index is 12.4. The van der Waals surface area contributed by atoms with Crippen molar-refractivity contribution in [3.8, 4) is 17.1 Å². The van der Waals surface area contributed by atoms with E-state index < -0.39 is 12.6 Å². The molecule has 0 aliphatic rings. The highest BCUT2D eigenvalue weighted by Crippen LogP contribution is 2.24. The van der Waals surface area contributed by atoms with Crippen LogP contribution in [0, 0.1) is 0 Å². The zero-order valence-corrected chi connectivity index (χ0v) is 11.8. The number of benzene rings is 1. The molecule has 0 spiro atoms. The lowest BCUT2D eigenvalue weighted by Gasteiger charge is -2.09. The number of hydrogen-bond acceptors (Lipinski definition) is 2. The van der Waals surface area contributed by atoms with Crippen LogP contribution in [-0.2, 0) is 6.42 Å². The quantitative estimate of drug-likeness (QED) is 0.805. The highest BCUT2D eigenvalue weighted by molar-refractivity contribution is 5.59. The monoisotopic (exact) mass is 319 g/mol. The number of rotatable bonds is 3. The molecule has 2 heterocycles. The van der Waals surface area contributed by atoms with Gasteiger partial charge in [0.25, 0.3) is 5.56 Å². The fourth-order valence-electron chi connectivity index (χ4n) is 2.32. The summed E-state index contributed by atoms with van der Waals surface area (Å²) in [6, 6.07) is 9.29. The van der Waals surface area contributed by atoms with E-state index in [9.17, 15) is 18.0 Å². The van der Waals surface area contributed by atoms with E-state index in [-0.39, 0.29) is 11.1 Å². The summed E-state index contributed by atoms with van der Waals surface area (Å²) in [6.07, 6.45) is -0.527. The molecule has 0 unspecified atom stereocenters. The summed E-state index contributed by atoms with van der Waals surface area (Å²) < 4.78 is 38.8. The van der Waals surface area contributed by atoms with Crippen molar-refractivity contribution in [2.45, 2.75) is 12.6 Å². The minimum atomic E-state index is -4.24. The van der Waals surface area contributed by atoms with Gasteiger partial charge in [-0.25, -0.2) is 4.98 Å². The molecule has 4 nitrogen and oxygen atoms in total. The van der Waals surface area contributed by atoms with E-state index in [2.05, 4.69) is 9.97 Å². The standard InChI is InChI=1S/C16H12F3N3O/c17-16(18,19)10-11-3-5-12(6-4-11)14-20-8-9-22(14)13-2-1-7-21-15(13)23/h1-9H,10H2,(H,21,23). The van der Waals surface area contributed by atoms with Gasteiger partial charge in [0.15, 0.2) is 0 Å². The van der Waals surface area contributed by atoms with E-state index in [4.69, 9.17) is 0 Å². The van der Waals surface area contributed by atoms with Gasteiger partial charge in [-0.05, 0) is 17.7 Å². The molecule has 0 amide bonds. The largest absolute Gasteiger partial charge is 0.393 e. The van der Waals surface area contributed by atoms with Crippen LogP contribution in [0.15, 0.2) is 59.8 Å². The van der Waals surface area contributed by atoms with Crippen molar-refractivity contribution in [1.29, 1.82) is 0 Å². The molecule has 0 bridgehead atoms. The van der Waals surface area contributed by atoms with Gasteiger partial charge in [0.1, 0.15) is 11.5 Å². The number of hydrogen-bond donors (Lipinski definition) is 1. The predicted molar refractivity (Wildman–Crippen MR) is 79.4 cm³/mol. The summed E-state index contributed by atoms with van der Waals surface area (Å²) in [6.45, 7) is 0. The summed E-state index contributed by atoms with van der Waals surface area (Å²) in [4.78, 5) is 18.7. The normalized spacial score (nSPS) is 11.6. The van der Waals surface area contributed by atoms with Crippen LogP contribution in [0.2, 0.25) is 0 Å². The van der Waals surface area contributed by atoms with E-state index in [1.165, 1.54) is 24.5 Å². The Morgan fingerprint density at radius 2 is 1.87 bits per heavy atom. The zero-order chi connectivity index (χ0) is 16.4. The molecule has 0 radical (unpaired) electrons. The first-order valence-electron chi connectivity index (χ1n) is 6.81. The first kappa shape index (κ1) is 15.1. The molecule has 1 N–H and O–H groups in total. The summed E-state index contributed by atoms with van der Waals surface area (Å²) in [5.41, 5.74) is 0.918. The number of H-pyrrole nitrogens is 1. The number of alkyl halides is 3. The lowest BCUT2D eigenvalue weighted by atomic mass is 10.1. The van der Waals surface area contributed by atoms with Crippen LogP contribution in [0.1, 0.15) is 5.56 Å². The summed E-state index contributed by atoms with van der Waals surface area (Å²) in [7, 11) is 0. The van der Waals surface area contributed by atoms with Gasteiger partial charge in [-0.2, -0.15) is 13.2 Å². The third kappa shape index (κ3) is 3.33. The van der Waals surface area contributed by atoms with Crippen LogP contribution in [-0.4, -0.2) is 20.7 Å². The van der Waals surface area contributed by atoms with Crippen LogP contribution in [0.3, 0.4) is 0 Å². The van der Waals surface area contributed by atoms with E-state index in [1.54, 1.807) is 35.0 Å². The maximum Gasteiger partial charge on any atom is 0.393 e. The van der Waals surface area contributed by atoms with Gasteiger partial charge in [-0.15, -0.1) is 0 Å². The molecule has 2 aromatic heterocycles. The lowest BCUT2D eigenvalue weighted by molar-refractivity contribution is -0.127. The molecule has 0 saturated carbocycles. The van der Waals surface area contributed by atoms with Crippen molar-refractivity contribution < 1.29 is 13.2 Å². The zero-order valence-electron chi connectivity index (χ0n) is 11.8. The molecule has 0 saturated heterocycles. The van der Waals surface area contributed by atoms with E-state index in [0.717, 1.165) is 0 Å². The van der Waals surface area contributed by atoms with Gasteiger partial charge in [0, 0.05) is 24.2 Å². The number of halogens is 3. The lowest BCUT2D eigenvalue weighted by Crippen LogP contribution is -2.13. The van der Waals surface area contributed by atoms with Gasteiger partial charge in [-0.3, -0.25) is 9.36 Å². The van der Waals surface area contributed by atoms with Crippen LogP contribution in [0.25, 0.3) is 17.1 Å². The van der Waals surface area contributed by atoms with E-state index in [1.807, 2.05) is 0 Å². The van der Waals surface area contributed by atoms with Crippen molar-refractivity contribution >= 4 is 0 Å². The van der Waals surface area contributed by atoms with Gasteiger partial charge in [0.05, 0.1) is 6.42 Å². The SMILES string of the molecule is O=c1[nH]cccc1-n1ccnc1-c1ccc(CC(F)(F)F)cc1. The third-order valence-electron chi connectivity index (χ3n) is 3.31. The number of aromatic nitrogens is 3. The number of aromatic amines is 1. The average molecular weight is 319 g/mol. The fourth-order valence-corrected chi connectivity index (χ4v) is 2.32. The molecule has 3 rings (SSSR count). The molecule has 7 heteroatoms. The van der Waals surface area contributed by atoms with Crippen molar-refractivity contribution in [3.05, 3.63) is 70.9 Å². The molecular formula is C16H12F3N3O. The summed E-state index contributed by atoms with van der Waals surface area (Å²) in [5.74, 6) is 0.486. The van der Waals surface area contributed by atoms with Crippen molar-refractivity contribution in [3.63, 3.8) is 0 Å². The minimum absolute atomic E-state index is 0.178. The predicted octanol–water partition coefficient (Wildman–Crippen LogP) is 3.33. The third-order valence-corrected chi connectivity index (χ3v) is 3.31. The van der Waals surface area contributed by atoms with Crippen LogP contribution < -0.4 is 5.56 Å². The maximum atomic E-state index is 12.4. The molecule has 0 atom stereocenters. The smallest absolute Gasteiger partial charge is 0.327 e. The number of pyridine rings is 1. The molecule has 118 valence electrons. The summed E-state index contributed by atoms with van der Waals surface area (Å²) in [5, 5.41) is 0. The van der Waals surface area contributed by atoms with Crippen molar-refractivity contribution in [2.24, 2.45) is 0 Å². The highest BCUT2D eigenvalue weighted by Gasteiger charge is 2.27. The molecular weight excluding hydrogens is 307 g/mol. The Morgan fingerprint density at radius 1 is 1.13 bits per heavy atom. The molecule has 1 aromatic carbocycles. The Bertz CT molecular complexity index is 863. The Morgan fingerprint density at radius 3 is 2.52 bits per heavy atom. The second kappa shape index (κ2) is 5.75. The second-order valence-electron chi connectivity index (χ2n) is 4.99.